The Balaban J connectivity index is 1.89. The molecule has 0 aromatic carbocycles. The fourth-order valence-electron chi connectivity index (χ4n) is 3.79. The number of hydrogen-bond acceptors (Lipinski definition) is 1. The van der Waals surface area contributed by atoms with E-state index in [0.29, 0.717) is 5.92 Å². The van der Waals surface area contributed by atoms with Crippen molar-refractivity contribution in [2.24, 2.45) is 23.7 Å². The van der Waals surface area contributed by atoms with Crippen molar-refractivity contribution in [3.8, 4) is 0 Å². The summed E-state index contributed by atoms with van der Waals surface area (Å²) in [4.78, 5) is 0. The Bertz CT molecular complexity index is 221. The lowest BCUT2D eigenvalue weighted by molar-refractivity contribution is 0.0520. The Morgan fingerprint density at radius 3 is 2.50 bits per heavy atom. The van der Waals surface area contributed by atoms with Crippen molar-refractivity contribution in [2.45, 2.75) is 31.8 Å². The van der Waals surface area contributed by atoms with Crippen LogP contribution in [0.4, 0.5) is 0 Å². The molecule has 0 aliphatic heterocycles. The largest absolute Gasteiger partial charge is 0.393 e. The molecule has 12 heavy (non-hydrogen) atoms. The van der Waals surface area contributed by atoms with Gasteiger partial charge in [0, 0.05) is 0 Å². The normalized spacial score (nSPS) is 55.9. The first-order chi connectivity index (χ1) is 5.86. The standard InChI is InChI=1S/C11H16O/c12-11-6-7-5-10(11)9-4-2-1-3-8(7)9/h1-2,7-12H,3-6H2. The van der Waals surface area contributed by atoms with Crippen LogP contribution >= 0.6 is 0 Å². The smallest absolute Gasteiger partial charge is 0.0574 e. The van der Waals surface area contributed by atoms with Crippen LogP contribution in [0.2, 0.25) is 0 Å². The summed E-state index contributed by atoms with van der Waals surface area (Å²) >= 11 is 0. The van der Waals surface area contributed by atoms with Crippen LogP contribution in [-0.4, -0.2) is 11.2 Å². The minimum absolute atomic E-state index is 0.0442. The molecule has 66 valence electrons. The fourth-order valence-corrected chi connectivity index (χ4v) is 3.79. The fraction of sp³-hybridized carbons (Fsp3) is 0.818. The highest BCUT2D eigenvalue weighted by Crippen LogP contribution is 2.56. The Morgan fingerprint density at radius 2 is 1.67 bits per heavy atom. The van der Waals surface area contributed by atoms with Crippen molar-refractivity contribution < 1.29 is 5.11 Å². The molecule has 2 fully saturated rings. The van der Waals surface area contributed by atoms with Gasteiger partial charge in [0.15, 0.2) is 0 Å². The van der Waals surface area contributed by atoms with E-state index in [0.717, 1.165) is 24.2 Å². The summed E-state index contributed by atoms with van der Waals surface area (Å²) in [6.45, 7) is 0. The summed E-state index contributed by atoms with van der Waals surface area (Å²) in [5.74, 6) is 3.29. The second-order valence-electron chi connectivity index (χ2n) is 4.73. The van der Waals surface area contributed by atoms with Gasteiger partial charge in [0.05, 0.1) is 6.10 Å². The number of allylic oxidation sites excluding steroid dienone is 2. The molecule has 3 aliphatic carbocycles. The van der Waals surface area contributed by atoms with Crippen LogP contribution in [0.25, 0.3) is 0 Å². The van der Waals surface area contributed by atoms with Crippen LogP contribution in [0.3, 0.4) is 0 Å². The van der Waals surface area contributed by atoms with Gasteiger partial charge >= 0.3 is 0 Å². The van der Waals surface area contributed by atoms with E-state index >= 15 is 0 Å². The van der Waals surface area contributed by atoms with Crippen molar-refractivity contribution in [3.05, 3.63) is 12.2 Å². The Hall–Kier alpha value is -0.300. The second-order valence-corrected chi connectivity index (χ2v) is 4.73. The molecule has 1 heteroatoms. The van der Waals surface area contributed by atoms with Crippen LogP contribution in [0.15, 0.2) is 12.2 Å². The topological polar surface area (TPSA) is 20.2 Å². The van der Waals surface area contributed by atoms with Crippen molar-refractivity contribution in [2.75, 3.05) is 0 Å². The van der Waals surface area contributed by atoms with Crippen LogP contribution in [0, 0.1) is 23.7 Å². The van der Waals surface area contributed by atoms with Gasteiger partial charge in [-0.2, -0.15) is 0 Å². The van der Waals surface area contributed by atoms with Crippen LogP contribution in [0.1, 0.15) is 25.7 Å². The third kappa shape index (κ3) is 0.779. The van der Waals surface area contributed by atoms with Gasteiger partial charge in [-0.25, -0.2) is 0 Å². The lowest BCUT2D eigenvalue weighted by atomic mass is 9.72. The Morgan fingerprint density at radius 1 is 0.917 bits per heavy atom. The molecule has 2 saturated carbocycles. The van der Waals surface area contributed by atoms with E-state index < -0.39 is 0 Å². The molecular formula is C11H16O. The maximum Gasteiger partial charge on any atom is 0.0574 e. The van der Waals surface area contributed by atoms with E-state index in [4.69, 9.17) is 0 Å². The molecule has 0 spiro atoms. The van der Waals surface area contributed by atoms with Crippen molar-refractivity contribution in [3.63, 3.8) is 0 Å². The van der Waals surface area contributed by atoms with Gasteiger partial charge in [0.2, 0.25) is 0 Å². The molecule has 5 atom stereocenters. The molecule has 2 bridgehead atoms. The summed E-state index contributed by atoms with van der Waals surface area (Å²) in [5.41, 5.74) is 0. The molecule has 0 amide bonds. The zero-order chi connectivity index (χ0) is 8.13. The molecule has 1 nitrogen and oxygen atoms in total. The Labute approximate surface area is 73.5 Å². The zero-order valence-corrected chi connectivity index (χ0v) is 7.32. The van der Waals surface area contributed by atoms with Gasteiger partial charge in [-0.1, -0.05) is 12.2 Å². The highest BCUT2D eigenvalue weighted by atomic mass is 16.3. The predicted molar refractivity (Wildman–Crippen MR) is 47.6 cm³/mol. The zero-order valence-electron chi connectivity index (χ0n) is 7.32. The van der Waals surface area contributed by atoms with Gasteiger partial charge in [-0.3, -0.25) is 0 Å². The van der Waals surface area contributed by atoms with Crippen LogP contribution in [-0.2, 0) is 0 Å². The monoisotopic (exact) mass is 164 g/mol. The third-order valence-corrected chi connectivity index (χ3v) is 4.30. The summed E-state index contributed by atoms with van der Waals surface area (Å²) in [6, 6.07) is 0. The number of hydrogen-bond donors (Lipinski definition) is 1. The molecule has 0 radical (unpaired) electrons. The molecule has 0 saturated heterocycles. The molecular weight excluding hydrogens is 148 g/mol. The van der Waals surface area contributed by atoms with Crippen molar-refractivity contribution >= 4 is 0 Å². The van der Waals surface area contributed by atoms with Crippen molar-refractivity contribution in [1.82, 2.24) is 0 Å². The average molecular weight is 164 g/mol. The first-order valence-electron chi connectivity index (χ1n) is 5.19. The number of aliphatic hydroxyl groups excluding tert-OH is 1. The van der Waals surface area contributed by atoms with E-state index in [1.165, 1.54) is 19.3 Å². The number of aliphatic hydroxyl groups is 1. The van der Waals surface area contributed by atoms with Crippen molar-refractivity contribution in [1.29, 1.82) is 0 Å². The molecule has 3 aliphatic rings. The molecule has 0 heterocycles. The Kier molecular flexibility index (Phi) is 1.40. The van der Waals surface area contributed by atoms with E-state index in [1.54, 1.807) is 0 Å². The van der Waals surface area contributed by atoms with E-state index in [-0.39, 0.29) is 6.10 Å². The van der Waals surface area contributed by atoms with E-state index in [1.807, 2.05) is 0 Å². The summed E-state index contributed by atoms with van der Waals surface area (Å²) in [7, 11) is 0. The summed E-state index contributed by atoms with van der Waals surface area (Å²) in [5, 5.41) is 9.73. The van der Waals surface area contributed by atoms with Crippen LogP contribution in [0.5, 0.6) is 0 Å². The lowest BCUT2D eigenvalue weighted by Gasteiger charge is -2.34. The van der Waals surface area contributed by atoms with Gasteiger partial charge in [-0.05, 0) is 49.4 Å². The van der Waals surface area contributed by atoms with E-state index in [9.17, 15) is 5.11 Å². The van der Waals surface area contributed by atoms with Gasteiger partial charge in [0.1, 0.15) is 0 Å². The number of rotatable bonds is 0. The summed E-state index contributed by atoms with van der Waals surface area (Å²) in [6.07, 6.45) is 9.64. The molecule has 1 N–H and O–H groups in total. The first-order valence-corrected chi connectivity index (χ1v) is 5.19. The third-order valence-electron chi connectivity index (χ3n) is 4.30. The quantitative estimate of drug-likeness (QED) is 0.543. The average Bonchev–Trinajstić information content (AvgIpc) is 2.62. The number of fused-ring (bicyclic) bond motifs is 5. The maximum atomic E-state index is 9.73. The van der Waals surface area contributed by atoms with Crippen LogP contribution < -0.4 is 0 Å². The highest BCUT2D eigenvalue weighted by molar-refractivity contribution is 5.08. The van der Waals surface area contributed by atoms with E-state index in [2.05, 4.69) is 12.2 Å². The van der Waals surface area contributed by atoms with Gasteiger partial charge in [-0.15, -0.1) is 0 Å². The predicted octanol–water partition coefficient (Wildman–Crippen LogP) is 1.97. The molecule has 5 unspecified atom stereocenters. The molecule has 0 aromatic rings. The SMILES string of the molecule is OC1CC2CC1C1CC=CCC21. The molecule has 3 rings (SSSR count). The van der Waals surface area contributed by atoms with Gasteiger partial charge < -0.3 is 5.11 Å². The minimum Gasteiger partial charge on any atom is -0.393 e. The van der Waals surface area contributed by atoms with Gasteiger partial charge in [0.25, 0.3) is 0 Å². The lowest BCUT2D eigenvalue weighted by Crippen LogP contribution is -2.31. The minimum atomic E-state index is 0.0442. The molecule has 0 aromatic heterocycles. The first kappa shape index (κ1) is 7.14. The maximum absolute atomic E-state index is 9.73. The summed E-state index contributed by atoms with van der Waals surface area (Å²) < 4.78 is 0. The highest BCUT2D eigenvalue weighted by Gasteiger charge is 2.51. The second kappa shape index (κ2) is 2.35.